The van der Waals surface area contributed by atoms with Gasteiger partial charge < -0.3 is 59.5 Å². The molecule has 0 aliphatic carbocycles. The number of alkyl halides is 1. The maximum Gasteiger partial charge on any atom is 0.161 e. The third kappa shape index (κ3) is 17.5. The molecule has 0 saturated carbocycles. The number of nitrogens with zero attached hydrogens (tertiary/aromatic N) is 4. The summed E-state index contributed by atoms with van der Waals surface area (Å²) in [6.07, 6.45) is 0. The van der Waals surface area contributed by atoms with Crippen molar-refractivity contribution in [2.24, 2.45) is 0 Å². The van der Waals surface area contributed by atoms with Crippen molar-refractivity contribution in [2.75, 3.05) is 121 Å². The van der Waals surface area contributed by atoms with Crippen molar-refractivity contribution in [3.63, 3.8) is 0 Å². The number of aromatic hydroxyl groups is 4. The number of halogens is 1. The summed E-state index contributed by atoms with van der Waals surface area (Å²) in [5.41, 5.74) is 5.45. The molecular formula is C53H73ClN6O10. The van der Waals surface area contributed by atoms with Crippen molar-refractivity contribution in [2.45, 2.75) is 32.1 Å². The summed E-state index contributed by atoms with van der Waals surface area (Å²) >= 11 is 5.66. The maximum absolute atomic E-state index is 9.56. The Balaban J connectivity index is 0.000000195. The molecule has 5 aromatic carbocycles. The van der Waals surface area contributed by atoms with Crippen LogP contribution in [-0.2, 0) is 32.1 Å². The van der Waals surface area contributed by atoms with Crippen molar-refractivity contribution in [3.8, 4) is 57.5 Å². The highest BCUT2D eigenvalue weighted by atomic mass is 35.5. The van der Waals surface area contributed by atoms with Crippen molar-refractivity contribution in [3.05, 3.63) is 119 Å². The Labute approximate surface area is 418 Å². The predicted octanol–water partition coefficient (Wildman–Crippen LogP) is 6.49. The zero-order chi connectivity index (χ0) is 50.3. The van der Waals surface area contributed by atoms with Gasteiger partial charge in [-0.25, -0.2) is 0 Å². The van der Waals surface area contributed by atoms with E-state index >= 15 is 0 Å². The molecule has 0 amide bonds. The highest BCUT2D eigenvalue weighted by molar-refractivity contribution is 6.17. The van der Waals surface area contributed by atoms with E-state index in [0.29, 0.717) is 5.88 Å². The zero-order valence-corrected chi connectivity index (χ0v) is 42.3. The van der Waals surface area contributed by atoms with E-state index in [2.05, 4.69) is 54.5 Å². The highest BCUT2D eigenvalue weighted by Gasteiger charge is 2.20. The van der Waals surface area contributed by atoms with E-state index in [1.165, 1.54) is 23.3 Å². The Kier molecular flexibility index (Phi) is 23.1. The van der Waals surface area contributed by atoms with Crippen LogP contribution in [0.5, 0.6) is 57.5 Å². The monoisotopic (exact) mass is 989 g/mol. The second-order valence-electron chi connectivity index (χ2n) is 17.0. The summed E-state index contributed by atoms with van der Waals surface area (Å²) in [7, 11) is 9.89. The predicted molar refractivity (Wildman–Crippen MR) is 275 cm³/mol. The number of hydrogen-bond acceptors (Lipinski definition) is 16. The van der Waals surface area contributed by atoms with Gasteiger partial charge in [0.1, 0.15) is 0 Å². The van der Waals surface area contributed by atoms with Crippen LogP contribution in [0.4, 0.5) is 0 Å². The molecule has 0 radical (unpaired) electrons. The summed E-state index contributed by atoms with van der Waals surface area (Å²) in [6, 6.07) is 27.8. The van der Waals surface area contributed by atoms with E-state index in [0.717, 1.165) is 156 Å². The van der Waals surface area contributed by atoms with Gasteiger partial charge >= 0.3 is 0 Å². The number of piperazine rings is 3. The standard InChI is InChI=1S/C22H30N2O4.C18H22N2O4.C9H11ClO2.C4H10N2/c1-25-19-7-5-17(13-21(19)27-3)15-23-9-11-24(12-10-23)16-18-6-8-20(26-2)22(14-18)28-4;21-15-3-1-13(9-17(15)23)11-19-5-7-20(8-6-19)12-14-2-4-16(22)18(24)10-14;1-11-8-4-3-7(6-10)5-9(8)12-2;1-2-6-4-3-5-1/h5-8,13-14H,9-12,15-16H2,1-4H3;1-4,9-10,21-24H,5-8,11-12H2;3-5H,6H2,1-2H3;5-6H,1-4H2. The van der Waals surface area contributed by atoms with Gasteiger partial charge in [0.05, 0.1) is 42.7 Å². The maximum atomic E-state index is 9.56. The smallest absolute Gasteiger partial charge is 0.161 e. The number of hydrogen-bond donors (Lipinski definition) is 6. The van der Waals surface area contributed by atoms with E-state index < -0.39 is 0 Å². The van der Waals surface area contributed by atoms with Gasteiger partial charge in [0.15, 0.2) is 57.5 Å². The third-order valence-corrected chi connectivity index (χ3v) is 12.4. The lowest BCUT2D eigenvalue weighted by Gasteiger charge is -2.34. The molecule has 0 bridgehead atoms. The zero-order valence-electron chi connectivity index (χ0n) is 41.6. The minimum atomic E-state index is -0.0966. The SMILES string of the molecule is C1CNCCN1.COc1ccc(CCl)cc1OC.COc1ccc(CN2CCN(Cc3ccc(OC)c(OC)c3)CC2)cc1OC.Oc1ccc(CN2CCN(Cc3ccc(O)c(O)c3)CC2)cc1O. The van der Waals surface area contributed by atoms with Gasteiger partial charge in [-0.2, -0.15) is 0 Å². The summed E-state index contributed by atoms with van der Waals surface area (Å²) in [5.74, 6) is 4.68. The molecule has 3 fully saturated rings. The second-order valence-corrected chi connectivity index (χ2v) is 17.2. The van der Waals surface area contributed by atoms with Crippen molar-refractivity contribution in [1.82, 2.24) is 30.2 Å². The molecule has 70 heavy (non-hydrogen) atoms. The lowest BCUT2D eigenvalue weighted by Crippen LogP contribution is -2.45. The summed E-state index contributed by atoms with van der Waals surface area (Å²) in [6.45, 7) is 15.7. The van der Waals surface area contributed by atoms with Crippen LogP contribution in [0.3, 0.4) is 0 Å². The number of rotatable bonds is 15. The van der Waals surface area contributed by atoms with E-state index in [1.807, 2.05) is 42.5 Å². The van der Waals surface area contributed by atoms with Gasteiger partial charge in [0.25, 0.3) is 0 Å². The van der Waals surface area contributed by atoms with E-state index in [4.69, 9.17) is 40.0 Å². The quantitative estimate of drug-likeness (QED) is 0.0496. The highest BCUT2D eigenvalue weighted by Crippen LogP contribution is 2.31. The first kappa shape index (κ1) is 55.1. The van der Waals surface area contributed by atoms with Gasteiger partial charge in [-0.3, -0.25) is 19.6 Å². The molecule has 0 spiro atoms. The lowest BCUT2D eigenvalue weighted by atomic mass is 10.1. The average Bonchev–Trinajstić information content (AvgIpc) is 3.40. The Hall–Kier alpha value is -5.85. The Morgan fingerprint density at radius 1 is 0.357 bits per heavy atom. The fourth-order valence-electron chi connectivity index (χ4n) is 8.10. The van der Waals surface area contributed by atoms with Gasteiger partial charge in [-0.1, -0.05) is 30.3 Å². The molecular weight excluding hydrogens is 916 g/mol. The van der Waals surface area contributed by atoms with E-state index in [9.17, 15) is 20.4 Å². The Morgan fingerprint density at radius 2 is 0.614 bits per heavy atom. The first-order chi connectivity index (χ1) is 34.0. The molecule has 3 saturated heterocycles. The van der Waals surface area contributed by atoms with Crippen molar-refractivity contribution >= 4 is 11.6 Å². The number of nitrogens with one attached hydrogen (secondary N) is 2. The minimum Gasteiger partial charge on any atom is -0.504 e. The number of benzene rings is 5. The number of phenols is 4. The lowest BCUT2D eigenvalue weighted by molar-refractivity contribution is 0.122. The average molecular weight is 990 g/mol. The van der Waals surface area contributed by atoms with Gasteiger partial charge in [0, 0.05) is 111 Å². The Bertz CT molecular complexity index is 2190. The molecule has 3 aliphatic rings. The number of phenolic OH excluding ortho intramolecular Hbond substituents is 4. The summed E-state index contributed by atoms with van der Waals surface area (Å²) < 4.78 is 31.6. The van der Waals surface area contributed by atoms with Crippen LogP contribution in [0.25, 0.3) is 0 Å². The van der Waals surface area contributed by atoms with Gasteiger partial charge in [-0.15, -0.1) is 11.6 Å². The first-order valence-electron chi connectivity index (χ1n) is 23.5. The van der Waals surface area contributed by atoms with Crippen LogP contribution in [0, 0.1) is 0 Å². The molecule has 382 valence electrons. The van der Waals surface area contributed by atoms with Crippen molar-refractivity contribution < 1.29 is 48.8 Å². The fraction of sp³-hybridized carbons (Fsp3) is 0.434. The molecule has 0 atom stereocenters. The molecule has 8 rings (SSSR count). The van der Waals surface area contributed by atoms with E-state index in [1.54, 1.807) is 54.8 Å². The van der Waals surface area contributed by atoms with Crippen LogP contribution in [-0.4, -0.2) is 161 Å². The fourth-order valence-corrected chi connectivity index (χ4v) is 8.27. The summed E-state index contributed by atoms with van der Waals surface area (Å²) in [4.78, 5) is 9.56. The third-order valence-electron chi connectivity index (χ3n) is 12.1. The van der Waals surface area contributed by atoms with Gasteiger partial charge in [0.2, 0.25) is 0 Å². The largest absolute Gasteiger partial charge is 0.504 e. The topological polar surface area (TPSA) is 173 Å². The van der Waals surface area contributed by atoms with Crippen LogP contribution < -0.4 is 39.1 Å². The summed E-state index contributed by atoms with van der Waals surface area (Å²) in [5, 5.41) is 44.3. The van der Waals surface area contributed by atoms with Gasteiger partial charge in [-0.05, 0) is 88.5 Å². The molecule has 17 heteroatoms. The second kappa shape index (κ2) is 29.4. The molecule has 0 unspecified atom stereocenters. The molecule has 3 heterocycles. The minimum absolute atomic E-state index is 0.0849. The molecule has 16 nitrogen and oxygen atoms in total. The Morgan fingerprint density at radius 3 is 0.871 bits per heavy atom. The molecule has 6 N–H and O–H groups in total. The van der Waals surface area contributed by atoms with E-state index in [-0.39, 0.29) is 23.0 Å². The normalized spacial score (nSPS) is 15.4. The van der Waals surface area contributed by atoms with Crippen LogP contribution in [0.15, 0.2) is 91.0 Å². The molecule has 3 aliphatic heterocycles. The number of ether oxygens (including phenoxy) is 6. The van der Waals surface area contributed by atoms with Crippen LogP contribution in [0.1, 0.15) is 27.8 Å². The number of methoxy groups -OCH3 is 6. The molecule has 5 aromatic rings. The van der Waals surface area contributed by atoms with Crippen molar-refractivity contribution in [1.29, 1.82) is 0 Å². The van der Waals surface area contributed by atoms with Crippen LogP contribution in [0.2, 0.25) is 0 Å². The van der Waals surface area contributed by atoms with Crippen LogP contribution >= 0.6 is 11.6 Å². The molecule has 0 aromatic heterocycles. The first-order valence-corrected chi connectivity index (χ1v) is 24.0.